The Morgan fingerprint density at radius 3 is 2.46 bits per heavy atom. The van der Waals surface area contributed by atoms with Crippen LogP contribution in [-0.4, -0.2) is 12.5 Å². The van der Waals surface area contributed by atoms with Crippen molar-refractivity contribution in [3.63, 3.8) is 0 Å². The van der Waals surface area contributed by atoms with Gasteiger partial charge >= 0.3 is 0 Å². The normalized spacial score (nSPS) is 9.23. The molecule has 0 aliphatic rings. The van der Waals surface area contributed by atoms with Gasteiger partial charge in [-0.2, -0.15) is 0 Å². The molecule has 2 heteroatoms. The molecule has 0 aromatic carbocycles. The fraction of sp³-hybridized carbons (Fsp3) is 0.727. The minimum absolute atomic E-state index is 0.298. The Hall–Kier alpha value is -0.970. The minimum Gasteiger partial charge on any atom is -0.345 e. The summed E-state index contributed by atoms with van der Waals surface area (Å²) in [6.07, 6.45) is 12.3. The van der Waals surface area contributed by atoms with E-state index in [1.165, 1.54) is 32.1 Å². The molecule has 0 aromatic heterocycles. The van der Waals surface area contributed by atoms with Gasteiger partial charge in [-0.15, -0.1) is 6.42 Å². The van der Waals surface area contributed by atoms with Gasteiger partial charge in [0, 0.05) is 6.54 Å². The number of nitrogens with one attached hydrogen (secondary N) is 1. The van der Waals surface area contributed by atoms with Crippen molar-refractivity contribution in [1.29, 1.82) is 0 Å². The number of rotatable bonds is 7. The maximum atomic E-state index is 10.6. The zero-order valence-electron chi connectivity index (χ0n) is 8.44. The summed E-state index contributed by atoms with van der Waals surface area (Å²) in [7, 11) is 0. The second-order valence-electron chi connectivity index (χ2n) is 3.17. The van der Waals surface area contributed by atoms with Crippen LogP contribution in [0, 0.1) is 12.3 Å². The number of carbonyl (C=O) groups excluding carboxylic acids is 1. The SMILES string of the molecule is C#CC(=O)NCCCCCCCC. The second kappa shape index (κ2) is 9.12. The number of unbranched alkanes of at least 4 members (excludes halogenated alkanes) is 5. The van der Waals surface area contributed by atoms with E-state index in [4.69, 9.17) is 6.42 Å². The molecule has 74 valence electrons. The molecular formula is C11H19NO. The molecule has 0 saturated carbocycles. The van der Waals surface area contributed by atoms with Crippen molar-refractivity contribution in [2.45, 2.75) is 45.4 Å². The molecule has 0 atom stereocenters. The zero-order valence-corrected chi connectivity index (χ0v) is 8.44. The van der Waals surface area contributed by atoms with Crippen LogP contribution in [0.3, 0.4) is 0 Å². The van der Waals surface area contributed by atoms with Crippen LogP contribution in [0.2, 0.25) is 0 Å². The minimum atomic E-state index is -0.298. The average molecular weight is 181 g/mol. The molecule has 0 radical (unpaired) electrons. The van der Waals surface area contributed by atoms with Crippen molar-refractivity contribution in [1.82, 2.24) is 5.32 Å². The van der Waals surface area contributed by atoms with E-state index in [9.17, 15) is 4.79 Å². The molecule has 0 aliphatic carbocycles. The molecule has 1 N–H and O–H groups in total. The first-order valence-electron chi connectivity index (χ1n) is 5.05. The molecule has 0 fully saturated rings. The third-order valence-electron chi connectivity index (χ3n) is 1.95. The molecule has 0 saturated heterocycles. The quantitative estimate of drug-likeness (QED) is 0.473. The Bertz CT molecular complexity index is 169. The maximum Gasteiger partial charge on any atom is 0.295 e. The number of hydrogen-bond acceptors (Lipinski definition) is 1. The zero-order chi connectivity index (χ0) is 9.94. The number of amides is 1. The summed E-state index contributed by atoms with van der Waals surface area (Å²) in [6, 6.07) is 0. The van der Waals surface area contributed by atoms with Gasteiger partial charge < -0.3 is 5.32 Å². The average Bonchev–Trinajstić information content (AvgIpc) is 2.16. The Morgan fingerprint density at radius 1 is 1.23 bits per heavy atom. The first-order valence-corrected chi connectivity index (χ1v) is 5.05. The molecule has 0 spiro atoms. The highest BCUT2D eigenvalue weighted by Gasteiger charge is 1.93. The summed E-state index contributed by atoms with van der Waals surface area (Å²) in [4.78, 5) is 10.6. The van der Waals surface area contributed by atoms with Crippen molar-refractivity contribution in [2.75, 3.05) is 6.54 Å². The molecule has 1 amide bonds. The number of carbonyl (C=O) groups is 1. The molecule has 0 rings (SSSR count). The highest BCUT2D eigenvalue weighted by molar-refractivity contribution is 5.92. The van der Waals surface area contributed by atoms with Crippen molar-refractivity contribution in [3.8, 4) is 12.3 Å². The second-order valence-corrected chi connectivity index (χ2v) is 3.17. The van der Waals surface area contributed by atoms with Crippen LogP contribution >= 0.6 is 0 Å². The van der Waals surface area contributed by atoms with E-state index in [1.54, 1.807) is 0 Å². The summed E-state index contributed by atoms with van der Waals surface area (Å²) in [5.41, 5.74) is 0. The van der Waals surface area contributed by atoms with Crippen molar-refractivity contribution >= 4 is 5.91 Å². The predicted octanol–water partition coefficient (Wildman–Crippen LogP) is 2.10. The maximum absolute atomic E-state index is 10.6. The Kier molecular flexibility index (Phi) is 8.44. The third-order valence-corrected chi connectivity index (χ3v) is 1.95. The fourth-order valence-corrected chi connectivity index (χ4v) is 1.16. The molecule has 0 unspecified atom stereocenters. The summed E-state index contributed by atoms with van der Waals surface area (Å²) < 4.78 is 0. The highest BCUT2D eigenvalue weighted by Crippen LogP contribution is 2.03. The van der Waals surface area contributed by atoms with Gasteiger partial charge in [0.15, 0.2) is 0 Å². The van der Waals surface area contributed by atoms with Gasteiger partial charge in [-0.1, -0.05) is 39.0 Å². The van der Waals surface area contributed by atoms with Gasteiger partial charge in [-0.3, -0.25) is 4.79 Å². The van der Waals surface area contributed by atoms with E-state index in [0.29, 0.717) is 0 Å². The smallest absolute Gasteiger partial charge is 0.295 e. The standard InChI is InChI=1S/C11H19NO/c1-3-5-6-7-8-9-10-12-11(13)4-2/h2H,3,5-10H2,1H3,(H,12,13). The van der Waals surface area contributed by atoms with Crippen molar-refractivity contribution < 1.29 is 4.79 Å². The van der Waals surface area contributed by atoms with Gasteiger partial charge in [0.25, 0.3) is 5.91 Å². The summed E-state index contributed by atoms with van der Waals surface area (Å²) in [5.74, 6) is 1.73. The van der Waals surface area contributed by atoms with Gasteiger partial charge in [-0.05, 0) is 12.3 Å². The van der Waals surface area contributed by atoms with E-state index in [1.807, 2.05) is 5.92 Å². The topological polar surface area (TPSA) is 29.1 Å². The van der Waals surface area contributed by atoms with E-state index in [0.717, 1.165) is 13.0 Å². The molecule has 2 nitrogen and oxygen atoms in total. The lowest BCUT2D eigenvalue weighted by molar-refractivity contribution is -0.115. The van der Waals surface area contributed by atoms with E-state index in [2.05, 4.69) is 12.2 Å². The predicted molar refractivity (Wildman–Crippen MR) is 55.2 cm³/mol. The van der Waals surface area contributed by atoms with E-state index in [-0.39, 0.29) is 5.91 Å². The molecule has 0 heterocycles. The molecular weight excluding hydrogens is 162 g/mol. The molecule has 0 bridgehead atoms. The number of terminal acetylenes is 1. The van der Waals surface area contributed by atoms with Crippen LogP contribution in [-0.2, 0) is 4.79 Å². The summed E-state index contributed by atoms with van der Waals surface area (Å²) >= 11 is 0. The van der Waals surface area contributed by atoms with Crippen molar-refractivity contribution in [2.24, 2.45) is 0 Å². The first kappa shape index (κ1) is 12.0. The van der Waals surface area contributed by atoms with Crippen LogP contribution in [0.5, 0.6) is 0 Å². The van der Waals surface area contributed by atoms with Gasteiger partial charge in [0.2, 0.25) is 0 Å². The lowest BCUT2D eigenvalue weighted by Crippen LogP contribution is -2.22. The lowest BCUT2D eigenvalue weighted by Gasteiger charge is -2.00. The van der Waals surface area contributed by atoms with Gasteiger partial charge in [0.1, 0.15) is 0 Å². The lowest BCUT2D eigenvalue weighted by atomic mass is 10.1. The summed E-state index contributed by atoms with van der Waals surface area (Å²) in [6.45, 7) is 2.92. The fourth-order valence-electron chi connectivity index (χ4n) is 1.16. The Balaban J connectivity index is 3.00. The largest absolute Gasteiger partial charge is 0.345 e. The van der Waals surface area contributed by atoms with Crippen LogP contribution in [0.1, 0.15) is 45.4 Å². The molecule has 0 aromatic rings. The van der Waals surface area contributed by atoms with E-state index >= 15 is 0 Å². The summed E-state index contributed by atoms with van der Waals surface area (Å²) in [5, 5.41) is 2.65. The van der Waals surface area contributed by atoms with Gasteiger partial charge in [0.05, 0.1) is 0 Å². The Labute approximate surface area is 81.1 Å². The van der Waals surface area contributed by atoms with Crippen LogP contribution < -0.4 is 5.32 Å². The van der Waals surface area contributed by atoms with Crippen LogP contribution in [0.25, 0.3) is 0 Å². The Morgan fingerprint density at radius 2 is 1.85 bits per heavy atom. The molecule has 13 heavy (non-hydrogen) atoms. The van der Waals surface area contributed by atoms with Crippen molar-refractivity contribution in [3.05, 3.63) is 0 Å². The third kappa shape index (κ3) is 8.94. The van der Waals surface area contributed by atoms with E-state index < -0.39 is 0 Å². The van der Waals surface area contributed by atoms with Gasteiger partial charge in [-0.25, -0.2) is 0 Å². The molecule has 0 aliphatic heterocycles. The highest BCUT2D eigenvalue weighted by atomic mass is 16.1. The first-order chi connectivity index (χ1) is 6.31. The number of hydrogen-bond donors (Lipinski definition) is 1. The van der Waals surface area contributed by atoms with Crippen LogP contribution in [0.4, 0.5) is 0 Å². The van der Waals surface area contributed by atoms with Crippen LogP contribution in [0.15, 0.2) is 0 Å². The monoisotopic (exact) mass is 181 g/mol.